The van der Waals surface area contributed by atoms with Gasteiger partial charge in [0.25, 0.3) is 0 Å². The average molecular weight is 236 g/mol. The van der Waals surface area contributed by atoms with Crippen LogP contribution in [0.3, 0.4) is 0 Å². The maximum atomic E-state index is 10.2. The second-order valence-electron chi connectivity index (χ2n) is 5.17. The van der Waals surface area contributed by atoms with E-state index in [2.05, 4.69) is 43.7 Å². The van der Waals surface area contributed by atoms with Gasteiger partial charge in [0.05, 0.1) is 6.61 Å². The number of hydrogen-bond donors (Lipinski definition) is 1. The summed E-state index contributed by atoms with van der Waals surface area (Å²) in [6.45, 7) is 6.80. The van der Waals surface area contributed by atoms with Gasteiger partial charge >= 0.3 is 6.16 Å². The van der Waals surface area contributed by atoms with Crippen molar-refractivity contribution in [2.45, 2.75) is 39.0 Å². The number of carbonyl (C=O) groups is 1. The highest BCUT2D eigenvalue weighted by atomic mass is 16.7. The first-order valence-corrected chi connectivity index (χ1v) is 5.85. The maximum Gasteiger partial charge on any atom is 0.505 e. The minimum absolute atomic E-state index is 0.146. The van der Waals surface area contributed by atoms with Crippen LogP contribution >= 0.6 is 0 Å². The molecule has 1 aromatic carbocycles. The Bertz CT molecular complexity index is 377. The van der Waals surface area contributed by atoms with E-state index in [1.165, 1.54) is 11.1 Å². The molecule has 0 aliphatic rings. The predicted octanol–water partition coefficient (Wildman–Crippen LogP) is 3.61. The van der Waals surface area contributed by atoms with Gasteiger partial charge in [-0.2, -0.15) is 0 Å². The molecule has 3 nitrogen and oxygen atoms in total. The molecule has 3 heteroatoms. The predicted molar refractivity (Wildman–Crippen MR) is 67.4 cm³/mol. The van der Waals surface area contributed by atoms with E-state index in [-0.39, 0.29) is 12.0 Å². The van der Waals surface area contributed by atoms with Gasteiger partial charge in [0.1, 0.15) is 0 Å². The first kappa shape index (κ1) is 13.6. The minimum atomic E-state index is -1.20. The topological polar surface area (TPSA) is 46.5 Å². The molecular weight excluding hydrogens is 216 g/mol. The lowest BCUT2D eigenvalue weighted by Crippen LogP contribution is -2.11. The van der Waals surface area contributed by atoms with E-state index >= 15 is 0 Å². The maximum absolute atomic E-state index is 10.2. The Kier molecular flexibility index (Phi) is 4.55. The third-order valence-corrected chi connectivity index (χ3v) is 2.63. The van der Waals surface area contributed by atoms with E-state index in [0.717, 1.165) is 12.8 Å². The lowest BCUT2D eigenvalue weighted by atomic mass is 9.86. The van der Waals surface area contributed by atoms with Crippen LogP contribution in [0.1, 0.15) is 38.3 Å². The summed E-state index contributed by atoms with van der Waals surface area (Å²) >= 11 is 0. The summed E-state index contributed by atoms with van der Waals surface area (Å²) in [5.74, 6) is 0. The van der Waals surface area contributed by atoms with Gasteiger partial charge in [0.2, 0.25) is 0 Å². The summed E-state index contributed by atoms with van der Waals surface area (Å²) < 4.78 is 4.48. The Hall–Kier alpha value is -1.51. The standard InChI is InChI=1S/C14H20O3/c1-14(2,3)12-8-4-6-11(10-12)7-5-9-17-13(15)16/h4,6,8,10H,5,7,9H2,1-3H3,(H,15,16). The van der Waals surface area contributed by atoms with Crippen molar-refractivity contribution < 1.29 is 14.6 Å². The zero-order valence-corrected chi connectivity index (χ0v) is 10.7. The zero-order valence-electron chi connectivity index (χ0n) is 10.7. The first-order valence-electron chi connectivity index (χ1n) is 5.85. The van der Waals surface area contributed by atoms with Crippen molar-refractivity contribution in [1.29, 1.82) is 0 Å². The summed E-state index contributed by atoms with van der Waals surface area (Å²) in [7, 11) is 0. The van der Waals surface area contributed by atoms with Crippen LogP contribution in [0.15, 0.2) is 24.3 Å². The number of benzene rings is 1. The number of ether oxygens (including phenoxy) is 1. The molecule has 0 aliphatic heterocycles. The fraction of sp³-hybridized carbons (Fsp3) is 0.500. The van der Waals surface area contributed by atoms with E-state index in [1.807, 2.05) is 6.07 Å². The number of hydrogen-bond acceptors (Lipinski definition) is 2. The van der Waals surface area contributed by atoms with Crippen LogP contribution in [0.2, 0.25) is 0 Å². The average Bonchev–Trinajstić information content (AvgIpc) is 2.23. The highest BCUT2D eigenvalue weighted by Gasteiger charge is 2.13. The Morgan fingerprint density at radius 1 is 1.35 bits per heavy atom. The lowest BCUT2D eigenvalue weighted by Gasteiger charge is -2.19. The number of carboxylic acid groups (broad SMARTS) is 1. The molecule has 1 rings (SSSR count). The minimum Gasteiger partial charge on any atom is -0.450 e. The van der Waals surface area contributed by atoms with Crippen molar-refractivity contribution in [3.05, 3.63) is 35.4 Å². The molecule has 1 aromatic rings. The van der Waals surface area contributed by atoms with Gasteiger partial charge in [-0.1, -0.05) is 45.0 Å². The summed E-state index contributed by atoms with van der Waals surface area (Å²) in [5, 5.41) is 8.34. The second-order valence-corrected chi connectivity index (χ2v) is 5.17. The van der Waals surface area contributed by atoms with E-state index in [1.54, 1.807) is 0 Å². The first-order chi connectivity index (χ1) is 7.89. The molecule has 0 bridgehead atoms. The Morgan fingerprint density at radius 3 is 2.65 bits per heavy atom. The summed E-state index contributed by atoms with van der Waals surface area (Å²) in [6, 6.07) is 8.42. The lowest BCUT2D eigenvalue weighted by molar-refractivity contribution is 0.0907. The van der Waals surface area contributed by atoms with E-state index in [0.29, 0.717) is 0 Å². The summed E-state index contributed by atoms with van der Waals surface area (Å²) in [6.07, 6.45) is 0.366. The SMILES string of the molecule is CC(C)(C)c1cccc(CCCOC(=O)O)c1. The third kappa shape index (κ3) is 4.89. The fourth-order valence-corrected chi connectivity index (χ4v) is 1.63. The van der Waals surface area contributed by atoms with E-state index in [9.17, 15) is 4.79 Å². The van der Waals surface area contributed by atoms with Gasteiger partial charge in [-0.15, -0.1) is 0 Å². The second kappa shape index (κ2) is 5.71. The van der Waals surface area contributed by atoms with Crippen LogP contribution in [0.25, 0.3) is 0 Å². The third-order valence-electron chi connectivity index (χ3n) is 2.63. The molecule has 0 radical (unpaired) electrons. The van der Waals surface area contributed by atoms with Crippen molar-refractivity contribution in [3.8, 4) is 0 Å². The Morgan fingerprint density at radius 2 is 2.06 bits per heavy atom. The number of rotatable bonds is 4. The fourth-order valence-electron chi connectivity index (χ4n) is 1.63. The molecule has 0 heterocycles. The van der Waals surface area contributed by atoms with Crippen molar-refractivity contribution in [2.24, 2.45) is 0 Å². The largest absolute Gasteiger partial charge is 0.505 e. The Labute approximate surface area is 102 Å². The molecule has 0 aromatic heterocycles. The molecule has 0 fully saturated rings. The van der Waals surface area contributed by atoms with Crippen LogP contribution in [-0.4, -0.2) is 17.9 Å². The van der Waals surface area contributed by atoms with Crippen molar-refractivity contribution in [3.63, 3.8) is 0 Å². The van der Waals surface area contributed by atoms with Crippen LogP contribution in [0, 0.1) is 0 Å². The molecule has 17 heavy (non-hydrogen) atoms. The monoisotopic (exact) mass is 236 g/mol. The molecule has 0 unspecified atom stereocenters. The molecule has 0 atom stereocenters. The highest BCUT2D eigenvalue weighted by Crippen LogP contribution is 2.23. The van der Waals surface area contributed by atoms with Gasteiger partial charge in [0, 0.05) is 0 Å². The molecule has 0 spiro atoms. The molecular formula is C14H20O3. The molecule has 0 saturated carbocycles. The zero-order chi connectivity index (χ0) is 12.9. The van der Waals surface area contributed by atoms with Gasteiger partial charge in [-0.05, 0) is 29.4 Å². The normalized spacial score (nSPS) is 11.2. The smallest absolute Gasteiger partial charge is 0.450 e. The molecule has 0 saturated heterocycles. The summed E-state index contributed by atoms with van der Waals surface area (Å²) in [4.78, 5) is 10.2. The van der Waals surface area contributed by atoms with Gasteiger partial charge < -0.3 is 9.84 Å². The van der Waals surface area contributed by atoms with E-state index in [4.69, 9.17) is 5.11 Å². The van der Waals surface area contributed by atoms with E-state index < -0.39 is 6.16 Å². The molecule has 94 valence electrons. The van der Waals surface area contributed by atoms with Crippen LogP contribution in [-0.2, 0) is 16.6 Å². The van der Waals surface area contributed by atoms with Gasteiger partial charge in [0.15, 0.2) is 0 Å². The van der Waals surface area contributed by atoms with Crippen LogP contribution in [0.4, 0.5) is 4.79 Å². The van der Waals surface area contributed by atoms with Crippen molar-refractivity contribution in [1.82, 2.24) is 0 Å². The summed E-state index contributed by atoms with van der Waals surface area (Å²) in [5.41, 5.74) is 2.67. The van der Waals surface area contributed by atoms with Gasteiger partial charge in [-0.3, -0.25) is 0 Å². The quantitative estimate of drug-likeness (QED) is 0.641. The molecule has 0 aliphatic carbocycles. The van der Waals surface area contributed by atoms with Crippen molar-refractivity contribution in [2.75, 3.05) is 6.61 Å². The molecule has 0 amide bonds. The highest BCUT2D eigenvalue weighted by molar-refractivity contribution is 5.56. The van der Waals surface area contributed by atoms with Crippen molar-refractivity contribution >= 4 is 6.16 Å². The Balaban J connectivity index is 2.52. The molecule has 1 N–H and O–H groups in total. The van der Waals surface area contributed by atoms with Gasteiger partial charge in [-0.25, -0.2) is 4.79 Å². The van der Waals surface area contributed by atoms with Crippen LogP contribution < -0.4 is 0 Å². The van der Waals surface area contributed by atoms with Crippen LogP contribution in [0.5, 0.6) is 0 Å². The number of aryl methyl sites for hydroxylation is 1.